The van der Waals surface area contributed by atoms with Crippen LogP contribution in [0.1, 0.15) is 47.0 Å². The Labute approximate surface area is 131 Å². The number of ether oxygens (including phenoxy) is 1. The summed E-state index contributed by atoms with van der Waals surface area (Å²) in [6.07, 6.45) is 3.27. The molecule has 4 nitrogen and oxygen atoms in total. The Kier molecular flexibility index (Phi) is 8.79. The first-order valence-corrected chi connectivity index (χ1v) is 8.70. The van der Waals surface area contributed by atoms with Gasteiger partial charge in [0, 0.05) is 44.2 Å². The topological polar surface area (TPSA) is 44.7 Å². The number of hydrogen-bond donors (Lipinski definition) is 2. The Morgan fingerprint density at radius 2 is 1.81 bits per heavy atom. The van der Waals surface area contributed by atoms with Gasteiger partial charge in [-0.1, -0.05) is 27.7 Å². The Hall–Kier alpha value is -0.160. The van der Waals surface area contributed by atoms with Crippen molar-refractivity contribution >= 4 is 0 Å². The molecule has 0 amide bonds. The summed E-state index contributed by atoms with van der Waals surface area (Å²) >= 11 is 0. The van der Waals surface area contributed by atoms with E-state index in [4.69, 9.17) is 4.74 Å². The predicted octanol–water partition coefficient (Wildman–Crippen LogP) is 2.12. The minimum absolute atomic E-state index is 0.0490. The van der Waals surface area contributed by atoms with Crippen LogP contribution in [0, 0.1) is 11.3 Å². The van der Waals surface area contributed by atoms with E-state index >= 15 is 0 Å². The van der Waals surface area contributed by atoms with Gasteiger partial charge in [0.25, 0.3) is 0 Å². The standard InChI is InChI=1S/C17H36N2O2/c1-5-17(6-2,14-20)13-18-12-16(11-15(3)4)19-7-9-21-10-8-19/h15-16,18,20H,5-14H2,1-4H3. The third kappa shape index (κ3) is 6.23. The van der Waals surface area contributed by atoms with Gasteiger partial charge in [-0.25, -0.2) is 0 Å². The van der Waals surface area contributed by atoms with Crippen molar-refractivity contribution < 1.29 is 9.84 Å². The maximum atomic E-state index is 9.67. The second-order valence-corrected chi connectivity index (χ2v) is 6.93. The van der Waals surface area contributed by atoms with Crippen molar-refractivity contribution in [2.24, 2.45) is 11.3 Å². The van der Waals surface area contributed by atoms with Crippen LogP contribution in [0.3, 0.4) is 0 Å². The molecule has 21 heavy (non-hydrogen) atoms. The van der Waals surface area contributed by atoms with Gasteiger partial charge >= 0.3 is 0 Å². The van der Waals surface area contributed by atoms with E-state index < -0.39 is 0 Å². The van der Waals surface area contributed by atoms with Gasteiger partial charge in [0.15, 0.2) is 0 Å². The van der Waals surface area contributed by atoms with Gasteiger partial charge in [-0.05, 0) is 25.2 Å². The van der Waals surface area contributed by atoms with Crippen LogP contribution in [0.15, 0.2) is 0 Å². The lowest BCUT2D eigenvalue weighted by Gasteiger charge is -2.37. The number of aliphatic hydroxyl groups excluding tert-OH is 1. The van der Waals surface area contributed by atoms with Gasteiger partial charge in [-0.3, -0.25) is 4.90 Å². The van der Waals surface area contributed by atoms with Crippen LogP contribution < -0.4 is 5.32 Å². The zero-order chi connectivity index (χ0) is 15.7. The molecule has 0 bridgehead atoms. The predicted molar refractivity (Wildman–Crippen MR) is 88.6 cm³/mol. The zero-order valence-electron chi connectivity index (χ0n) is 14.5. The molecule has 0 radical (unpaired) electrons. The lowest BCUT2D eigenvalue weighted by Crippen LogP contribution is -2.50. The summed E-state index contributed by atoms with van der Waals surface area (Å²) in [5.41, 5.74) is 0.0490. The summed E-state index contributed by atoms with van der Waals surface area (Å²) in [5.74, 6) is 0.708. The molecule has 1 atom stereocenters. The van der Waals surface area contributed by atoms with Crippen LogP contribution >= 0.6 is 0 Å². The third-order valence-electron chi connectivity index (χ3n) is 5.02. The molecule has 0 aromatic rings. The average molecular weight is 300 g/mol. The number of morpholine rings is 1. The molecule has 1 unspecified atom stereocenters. The second kappa shape index (κ2) is 9.78. The summed E-state index contributed by atoms with van der Waals surface area (Å²) < 4.78 is 5.47. The normalized spacial score (nSPS) is 19.1. The summed E-state index contributed by atoms with van der Waals surface area (Å²) in [6, 6.07) is 0.582. The van der Waals surface area contributed by atoms with Gasteiger partial charge in [-0.15, -0.1) is 0 Å². The lowest BCUT2D eigenvalue weighted by atomic mass is 9.83. The molecule has 0 aromatic heterocycles. The number of nitrogens with one attached hydrogen (secondary N) is 1. The molecule has 4 heteroatoms. The molecule has 0 saturated carbocycles. The molecule has 0 spiro atoms. The Balaban J connectivity index is 2.48. The van der Waals surface area contributed by atoms with E-state index in [1.165, 1.54) is 6.42 Å². The molecule has 1 rings (SSSR count). The van der Waals surface area contributed by atoms with Gasteiger partial charge in [0.05, 0.1) is 13.2 Å². The van der Waals surface area contributed by atoms with Crippen LogP contribution in [0.5, 0.6) is 0 Å². The third-order valence-corrected chi connectivity index (χ3v) is 5.02. The highest BCUT2D eigenvalue weighted by molar-refractivity contribution is 4.82. The molecular formula is C17H36N2O2. The highest BCUT2D eigenvalue weighted by Gasteiger charge is 2.26. The summed E-state index contributed by atoms with van der Waals surface area (Å²) in [7, 11) is 0. The van der Waals surface area contributed by atoms with Crippen molar-refractivity contribution in [1.82, 2.24) is 10.2 Å². The quantitative estimate of drug-likeness (QED) is 0.649. The molecule has 1 heterocycles. The maximum Gasteiger partial charge on any atom is 0.0594 e. The summed E-state index contributed by atoms with van der Waals surface area (Å²) in [5, 5.41) is 13.3. The Bertz CT molecular complexity index is 253. The molecule has 2 N–H and O–H groups in total. The lowest BCUT2D eigenvalue weighted by molar-refractivity contribution is 0.0111. The highest BCUT2D eigenvalue weighted by atomic mass is 16.5. The first-order chi connectivity index (χ1) is 10.1. The first kappa shape index (κ1) is 18.9. The number of hydrogen-bond acceptors (Lipinski definition) is 4. The van der Waals surface area contributed by atoms with Gasteiger partial charge < -0.3 is 15.2 Å². The summed E-state index contributed by atoms with van der Waals surface area (Å²) in [6.45, 7) is 15.0. The van der Waals surface area contributed by atoms with Crippen molar-refractivity contribution in [2.75, 3.05) is 46.0 Å². The van der Waals surface area contributed by atoms with E-state index in [1.807, 2.05) is 0 Å². The van der Waals surface area contributed by atoms with Gasteiger partial charge in [0.1, 0.15) is 0 Å². The molecule has 1 aliphatic rings. The van der Waals surface area contributed by atoms with E-state index in [1.54, 1.807) is 0 Å². The zero-order valence-corrected chi connectivity index (χ0v) is 14.5. The molecule has 1 fully saturated rings. The monoisotopic (exact) mass is 300 g/mol. The highest BCUT2D eigenvalue weighted by Crippen LogP contribution is 2.24. The Morgan fingerprint density at radius 1 is 1.19 bits per heavy atom. The molecular weight excluding hydrogens is 264 g/mol. The van der Waals surface area contributed by atoms with E-state index in [-0.39, 0.29) is 12.0 Å². The summed E-state index contributed by atoms with van der Waals surface area (Å²) in [4.78, 5) is 2.56. The van der Waals surface area contributed by atoms with E-state index in [9.17, 15) is 5.11 Å². The van der Waals surface area contributed by atoms with Crippen LogP contribution in [0.2, 0.25) is 0 Å². The molecule has 1 aliphatic heterocycles. The maximum absolute atomic E-state index is 9.67. The number of aliphatic hydroxyl groups is 1. The molecule has 1 saturated heterocycles. The minimum atomic E-state index is 0.0490. The van der Waals surface area contributed by atoms with Crippen molar-refractivity contribution in [2.45, 2.75) is 53.0 Å². The minimum Gasteiger partial charge on any atom is -0.396 e. The number of rotatable bonds is 10. The van der Waals surface area contributed by atoms with E-state index in [0.29, 0.717) is 12.0 Å². The molecule has 126 valence electrons. The first-order valence-electron chi connectivity index (χ1n) is 8.70. The SMILES string of the molecule is CCC(CC)(CO)CNCC(CC(C)C)N1CCOCC1. The molecule has 0 aromatic carbocycles. The van der Waals surface area contributed by atoms with Crippen LogP contribution in [0.25, 0.3) is 0 Å². The van der Waals surface area contributed by atoms with Crippen molar-refractivity contribution in [3.63, 3.8) is 0 Å². The van der Waals surface area contributed by atoms with Gasteiger partial charge in [0.2, 0.25) is 0 Å². The van der Waals surface area contributed by atoms with Crippen LogP contribution in [-0.4, -0.2) is 62.0 Å². The van der Waals surface area contributed by atoms with Crippen molar-refractivity contribution in [3.05, 3.63) is 0 Å². The smallest absolute Gasteiger partial charge is 0.0594 e. The largest absolute Gasteiger partial charge is 0.396 e. The Morgan fingerprint density at radius 3 is 2.29 bits per heavy atom. The number of nitrogens with zero attached hydrogens (tertiary/aromatic N) is 1. The van der Waals surface area contributed by atoms with Crippen molar-refractivity contribution in [3.8, 4) is 0 Å². The fraction of sp³-hybridized carbons (Fsp3) is 1.00. The average Bonchev–Trinajstić information content (AvgIpc) is 2.51. The second-order valence-electron chi connectivity index (χ2n) is 6.93. The fourth-order valence-corrected chi connectivity index (χ4v) is 3.13. The van der Waals surface area contributed by atoms with Crippen LogP contribution in [-0.2, 0) is 4.74 Å². The van der Waals surface area contributed by atoms with E-state index in [0.717, 1.165) is 52.2 Å². The fourth-order valence-electron chi connectivity index (χ4n) is 3.13. The van der Waals surface area contributed by atoms with Crippen LogP contribution in [0.4, 0.5) is 0 Å². The van der Waals surface area contributed by atoms with E-state index in [2.05, 4.69) is 37.9 Å². The van der Waals surface area contributed by atoms with Crippen molar-refractivity contribution in [1.29, 1.82) is 0 Å². The van der Waals surface area contributed by atoms with Gasteiger partial charge in [-0.2, -0.15) is 0 Å². The molecule has 0 aliphatic carbocycles.